The first-order valence-corrected chi connectivity index (χ1v) is 10.6. The number of aliphatic hydroxyl groups excluding tert-OH is 1. The van der Waals surface area contributed by atoms with E-state index in [4.69, 9.17) is 4.42 Å². The number of anilines is 3. The number of rotatable bonds is 4. The van der Waals surface area contributed by atoms with Gasteiger partial charge in [0.25, 0.3) is 11.9 Å². The maximum Gasteiger partial charge on any atom is 0.298 e. The van der Waals surface area contributed by atoms with Crippen molar-refractivity contribution in [1.82, 2.24) is 19.7 Å². The number of aromatic nitrogens is 3. The highest BCUT2D eigenvalue weighted by Crippen LogP contribution is 2.34. The fourth-order valence-corrected chi connectivity index (χ4v) is 4.21. The molecule has 1 amide bonds. The SMILES string of the molecule is CN1CCN(c2nc(C(=O)Nc3cc4c(cnn4C)cc3N3CC[C@H](O)C3)co2)CC1. The zero-order valence-corrected chi connectivity index (χ0v) is 17.8. The van der Waals surface area contributed by atoms with Gasteiger partial charge in [-0.25, -0.2) is 0 Å². The largest absolute Gasteiger partial charge is 0.431 e. The summed E-state index contributed by atoms with van der Waals surface area (Å²) in [5.74, 6) is -0.327. The lowest BCUT2D eigenvalue weighted by Gasteiger charge is -2.31. The molecular weight excluding hydrogens is 398 g/mol. The average molecular weight is 425 g/mol. The number of piperazine rings is 1. The van der Waals surface area contributed by atoms with Crippen molar-refractivity contribution in [2.45, 2.75) is 12.5 Å². The van der Waals surface area contributed by atoms with Crippen molar-refractivity contribution in [2.75, 3.05) is 61.4 Å². The Bertz CT molecular complexity index is 1100. The Morgan fingerprint density at radius 3 is 2.71 bits per heavy atom. The van der Waals surface area contributed by atoms with Crippen molar-refractivity contribution in [3.8, 4) is 0 Å². The van der Waals surface area contributed by atoms with Gasteiger partial charge in [0.05, 0.1) is 29.2 Å². The lowest BCUT2D eigenvalue weighted by atomic mass is 10.1. The molecule has 0 aliphatic carbocycles. The second-order valence-corrected chi connectivity index (χ2v) is 8.34. The van der Waals surface area contributed by atoms with Gasteiger partial charge in [0.2, 0.25) is 0 Å². The van der Waals surface area contributed by atoms with E-state index in [-0.39, 0.29) is 17.7 Å². The molecule has 2 aliphatic heterocycles. The van der Waals surface area contributed by atoms with Gasteiger partial charge in [0.1, 0.15) is 6.26 Å². The molecule has 2 aromatic heterocycles. The van der Waals surface area contributed by atoms with Crippen LogP contribution < -0.4 is 15.1 Å². The van der Waals surface area contributed by atoms with Crippen molar-refractivity contribution >= 4 is 34.2 Å². The van der Waals surface area contributed by atoms with Gasteiger partial charge in [-0.2, -0.15) is 10.1 Å². The number of oxazole rings is 1. The fraction of sp³-hybridized carbons (Fsp3) is 0.476. The third kappa shape index (κ3) is 3.84. The predicted octanol–water partition coefficient (Wildman–Crippen LogP) is 1.14. The van der Waals surface area contributed by atoms with E-state index < -0.39 is 0 Å². The van der Waals surface area contributed by atoms with Gasteiger partial charge < -0.3 is 29.5 Å². The quantitative estimate of drug-likeness (QED) is 0.642. The van der Waals surface area contributed by atoms with Crippen LogP contribution in [0.5, 0.6) is 0 Å². The first kappa shape index (κ1) is 19.8. The van der Waals surface area contributed by atoms with Crippen molar-refractivity contribution in [1.29, 1.82) is 0 Å². The summed E-state index contributed by atoms with van der Waals surface area (Å²) in [6.07, 6.45) is 3.55. The van der Waals surface area contributed by atoms with Crippen LogP contribution in [0, 0.1) is 0 Å². The number of β-amino-alcohol motifs (C(OH)–C–C–N with tert-alkyl or cyclic N) is 1. The van der Waals surface area contributed by atoms with Gasteiger partial charge in [0.15, 0.2) is 5.69 Å². The Labute approximate surface area is 180 Å². The van der Waals surface area contributed by atoms with E-state index in [1.165, 1.54) is 6.26 Å². The standard InChI is InChI=1S/C21H27N7O3/c1-25-5-7-27(8-6-25)21-24-17(13-31-21)20(30)23-16-10-18-14(11-22-26(18)2)9-19(16)28-4-3-15(29)12-28/h9-11,13,15,29H,3-8,12H2,1-2H3,(H,23,30)/t15-/m0/s1. The highest BCUT2D eigenvalue weighted by molar-refractivity contribution is 6.06. The van der Waals surface area contributed by atoms with Crippen molar-refractivity contribution in [3.05, 3.63) is 30.3 Å². The van der Waals surface area contributed by atoms with Crippen LogP contribution in [0.1, 0.15) is 16.9 Å². The number of amides is 1. The Kier molecular flexibility index (Phi) is 5.03. The summed E-state index contributed by atoms with van der Waals surface area (Å²) in [6, 6.07) is 4.40. The first-order chi connectivity index (χ1) is 15.0. The number of hydrogen-bond donors (Lipinski definition) is 2. The summed E-state index contributed by atoms with van der Waals surface area (Å²) in [7, 11) is 3.95. The number of likely N-dealkylation sites (N-methyl/N-ethyl adjacent to an activating group) is 1. The number of nitrogens with zero attached hydrogens (tertiary/aromatic N) is 6. The van der Waals surface area contributed by atoms with Crippen LogP contribution in [0.4, 0.5) is 17.4 Å². The number of benzene rings is 1. The van der Waals surface area contributed by atoms with Crippen LogP contribution in [-0.2, 0) is 7.05 Å². The fourth-order valence-electron chi connectivity index (χ4n) is 4.21. The molecule has 0 bridgehead atoms. The molecule has 10 heteroatoms. The summed E-state index contributed by atoms with van der Waals surface area (Å²) >= 11 is 0. The molecule has 0 spiro atoms. The topological polar surface area (TPSA) is 103 Å². The minimum Gasteiger partial charge on any atom is -0.431 e. The molecule has 1 aromatic carbocycles. The molecule has 0 saturated carbocycles. The molecule has 0 unspecified atom stereocenters. The molecule has 4 heterocycles. The molecule has 10 nitrogen and oxygen atoms in total. The monoisotopic (exact) mass is 425 g/mol. The van der Waals surface area contributed by atoms with E-state index in [0.29, 0.717) is 24.7 Å². The highest BCUT2D eigenvalue weighted by atomic mass is 16.4. The molecule has 2 N–H and O–H groups in total. The summed E-state index contributed by atoms with van der Waals surface area (Å²) in [5, 5.41) is 18.3. The average Bonchev–Trinajstić information content (AvgIpc) is 3.49. The lowest BCUT2D eigenvalue weighted by molar-refractivity contribution is 0.102. The molecule has 1 atom stereocenters. The number of hydrogen-bond acceptors (Lipinski definition) is 8. The molecular formula is C21H27N7O3. The molecule has 5 rings (SSSR count). The van der Waals surface area contributed by atoms with Crippen molar-refractivity contribution in [2.24, 2.45) is 7.05 Å². The number of nitrogens with one attached hydrogen (secondary N) is 1. The van der Waals surface area contributed by atoms with E-state index in [1.807, 2.05) is 19.2 Å². The van der Waals surface area contributed by atoms with Crippen LogP contribution in [0.25, 0.3) is 10.9 Å². The summed E-state index contributed by atoms with van der Waals surface area (Å²) < 4.78 is 7.37. The molecule has 0 radical (unpaired) electrons. The third-order valence-electron chi connectivity index (χ3n) is 6.11. The minimum absolute atomic E-state index is 0.242. The zero-order chi connectivity index (χ0) is 21.5. The third-order valence-corrected chi connectivity index (χ3v) is 6.11. The normalized spacial score (nSPS) is 20.0. The van der Waals surface area contributed by atoms with Crippen LogP contribution in [0.15, 0.2) is 29.0 Å². The lowest BCUT2D eigenvalue weighted by Crippen LogP contribution is -2.44. The Morgan fingerprint density at radius 1 is 1.16 bits per heavy atom. The van der Waals surface area contributed by atoms with Crippen molar-refractivity contribution < 1.29 is 14.3 Å². The predicted molar refractivity (Wildman–Crippen MR) is 118 cm³/mol. The second-order valence-electron chi connectivity index (χ2n) is 8.34. The van der Waals surface area contributed by atoms with E-state index in [2.05, 4.69) is 37.1 Å². The van der Waals surface area contributed by atoms with Gasteiger partial charge in [0, 0.05) is 51.7 Å². The van der Waals surface area contributed by atoms with Crippen LogP contribution in [-0.4, -0.2) is 83.1 Å². The number of fused-ring (bicyclic) bond motifs is 1. The maximum absolute atomic E-state index is 13.0. The van der Waals surface area contributed by atoms with Crippen molar-refractivity contribution in [3.63, 3.8) is 0 Å². The second kappa shape index (κ2) is 7.86. The van der Waals surface area contributed by atoms with Gasteiger partial charge in [-0.1, -0.05) is 0 Å². The Balaban J connectivity index is 1.40. The van der Waals surface area contributed by atoms with Gasteiger partial charge in [-0.15, -0.1) is 0 Å². The number of aliphatic hydroxyl groups is 1. The number of carbonyl (C=O) groups excluding carboxylic acids is 1. The van der Waals surface area contributed by atoms with E-state index in [0.717, 1.165) is 49.3 Å². The minimum atomic E-state index is -0.366. The summed E-state index contributed by atoms with van der Waals surface area (Å²) in [4.78, 5) is 23.8. The first-order valence-electron chi connectivity index (χ1n) is 10.6. The van der Waals surface area contributed by atoms with Crippen LogP contribution in [0.2, 0.25) is 0 Å². The molecule has 2 fully saturated rings. The Morgan fingerprint density at radius 2 is 1.97 bits per heavy atom. The number of carbonyl (C=O) groups is 1. The Hall–Kier alpha value is -3.11. The summed E-state index contributed by atoms with van der Waals surface area (Å²) in [5.41, 5.74) is 2.69. The zero-order valence-electron chi connectivity index (χ0n) is 17.8. The van der Waals surface area contributed by atoms with Crippen LogP contribution in [0.3, 0.4) is 0 Å². The van der Waals surface area contributed by atoms with Gasteiger partial charge in [-0.05, 0) is 25.6 Å². The van der Waals surface area contributed by atoms with Gasteiger partial charge in [-0.3, -0.25) is 9.48 Å². The highest BCUT2D eigenvalue weighted by Gasteiger charge is 2.25. The van der Waals surface area contributed by atoms with Gasteiger partial charge >= 0.3 is 0 Å². The molecule has 31 heavy (non-hydrogen) atoms. The smallest absolute Gasteiger partial charge is 0.298 e. The molecule has 3 aromatic rings. The number of aryl methyl sites for hydroxylation is 1. The molecule has 2 aliphatic rings. The van der Waals surface area contributed by atoms with E-state index >= 15 is 0 Å². The molecule has 2 saturated heterocycles. The van der Waals surface area contributed by atoms with E-state index in [9.17, 15) is 9.90 Å². The van der Waals surface area contributed by atoms with Crippen LogP contribution >= 0.6 is 0 Å². The maximum atomic E-state index is 13.0. The summed E-state index contributed by atoms with van der Waals surface area (Å²) in [6.45, 7) is 4.76. The van der Waals surface area contributed by atoms with E-state index in [1.54, 1.807) is 10.9 Å². The molecule has 164 valence electrons.